The number of aromatic amines is 1. The van der Waals surface area contributed by atoms with E-state index < -0.39 is 0 Å². The molecule has 2 N–H and O–H groups in total. The Hall–Kier alpha value is -2.63. The van der Waals surface area contributed by atoms with Crippen LogP contribution in [0.2, 0.25) is 0 Å². The summed E-state index contributed by atoms with van der Waals surface area (Å²) in [7, 11) is 0. The molecule has 2 aromatic rings. The van der Waals surface area contributed by atoms with Crippen molar-refractivity contribution < 1.29 is 9.59 Å². The Balaban J connectivity index is 1.80. The molecule has 1 unspecified atom stereocenters. The molecule has 1 aliphatic heterocycles. The Labute approximate surface area is 141 Å². The molecule has 1 fully saturated rings. The topological polar surface area (TPSA) is 78.1 Å². The minimum atomic E-state index is -0.0171. The third kappa shape index (κ3) is 3.48. The van der Waals surface area contributed by atoms with Gasteiger partial charge in [0, 0.05) is 42.4 Å². The molecule has 1 aromatic heterocycles. The zero-order valence-electron chi connectivity index (χ0n) is 14.0. The van der Waals surface area contributed by atoms with Gasteiger partial charge >= 0.3 is 0 Å². The van der Waals surface area contributed by atoms with E-state index >= 15 is 0 Å². The van der Waals surface area contributed by atoms with Gasteiger partial charge in [-0.15, -0.1) is 0 Å². The summed E-state index contributed by atoms with van der Waals surface area (Å²) in [5.74, 6) is 0.0506. The van der Waals surface area contributed by atoms with E-state index in [-0.39, 0.29) is 23.9 Å². The van der Waals surface area contributed by atoms with E-state index in [9.17, 15) is 9.59 Å². The first-order chi connectivity index (χ1) is 11.5. The van der Waals surface area contributed by atoms with E-state index in [0.717, 1.165) is 17.5 Å². The van der Waals surface area contributed by atoms with Crippen LogP contribution >= 0.6 is 0 Å². The number of nitrogens with one attached hydrogen (secondary N) is 2. The second kappa shape index (κ2) is 6.86. The van der Waals surface area contributed by atoms with Crippen LogP contribution in [0.15, 0.2) is 36.7 Å². The van der Waals surface area contributed by atoms with E-state index in [4.69, 9.17) is 0 Å². The number of hydrogen-bond donors (Lipinski definition) is 2. The van der Waals surface area contributed by atoms with E-state index in [0.29, 0.717) is 18.5 Å². The van der Waals surface area contributed by atoms with Crippen molar-refractivity contribution in [3.05, 3.63) is 42.2 Å². The maximum absolute atomic E-state index is 13.0. The smallest absolute Gasteiger partial charge is 0.254 e. The van der Waals surface area contributed by atoms with Crippen molar-refractivity contribution in [2.75, 3.05) is 6.54 Å². The van der Waals surface area contributed by atoms with Crippen LogP contribution in [0.4, 0.5) is 0 Å². The summed E-state index contributed by atoms with van der Waals surface area (Å²) < 4.78 is 0. The van der Waals surface area contributed by atoms with Gasteiger partial charge < -0.3 is 10.2 Å². The minimum absolute atomic E-state index is 0.0171. The predicted octanol–water partition coefficient (Wildman–Crippen LogP) is 2.21. The van der Waals surface area contributed by atoms with Crippen LogP contribution in [0.1, 0.15) is 37.0 Å². The van der Waals surface area contributed by atoms with Crippen molar-refractivity contribution in [2.24, 2.45) is 0 Å². The molecule has 1 aromatic carbocycles. The van der Waals surface area contributed by atoms with Crippen molar-refractivity contribution in [3.8, 4) is 11.1 Å². The number of amides is 2. The van der Waals surface area contributed by atoms with Crippen LogP contribution in [0.25, 0.3) is 11.1 Å². The normalized spacial score (nSPS) is 17.1. The quantitative estimate of drug-likeness (QED) is 0.884. The van der Waals surface area contributed by atoms with Crippen molar-refractivity contribution >= 4 is 11.8 Å². The van der Waals surface area contributed by atoms with Gasteiger partial charge in [-0.05, 0) is 38.0 Å². The number of hydrogen-bond acceptors (Lipinski definition) is 3. The number of carbonyl (C=O) groups is 2. The molecule has 0 aliphatic carbocycles. The molecule has 0 saturated carbocycles. The Morgan fingerprint density at radius 2 is 2.21 bits per heavy atom. The molecule has 2 heterocycles. The van der Waals surface area contributed by atoms with Gasteiger partial charge in [0.15, 0.2) is 0 Å². The zero-order valence-corrected chi connectivity index (χ0v) is 14.0. The van der Waals surface area contributed by atoms with Crippen LogP contribution < -0.4 is 5.32 Å². The molecule has 6 nitrogen and oxygen atoms in total. The first kappa shape index (κ1) is 16.2. The minimum Gasteiger partial charge on any atom is -0.352 e. The average molecular weight is 326 g/mol. The summed E-state index contributed by atoms with van der Waals surface area (Å²) in [6.07, 6.45) is 4.86. The summed E-state index contributed by atoms with van der Waals surface area (Å²) in [5.41, 5.74) is 2.54. The van der Waals surface area contributed by atoms with E-state index in [2.05, 4.69) is 15.5 Å². The second-order valence-corrected chi connectivity index (χ2v) is 6.42. The fourth-order valence-electron chi connectivity index (χ4n) is 2.99. The molecule has 3 rings (SSSR count). The SMILES string of the molecule is CC(C)N(CC1CCC(=O)N1)C(=O)c1cccc(-c2cn[nH]c2)c1. The number of benzene rings is 1. The highest BCUT2D eigenvalue weighted by Crippen LogP contribution is 2.21. The van der Waals surface area contributed by atoms with Crippen LogP contribution in [0.5, 0.6) is 0 Å². The highest BCUT2D eigenvalue weighted by Gasteiger charge is 2.27. The zero-order chi connectivity index (χ0) is 17.1. The molecule has 6 heteroatoms. The summed E-state index contributed by atoms with van der Waals surface area (Å²) >= 11 is 0. The maximum Gasteiger partial charge on any atom is 0.254 e. The van der Waals surface area contributed by atoms with Gasteiger partial charge in [-0.3, -0.25) is 14.7 Å². The van der Waals surface area contributed by atoms with Crippen LogP contribution in [-0.4, -0.2) is 45.5 Å². The molecule has 1 saturated heterocycles. The van der Waals surface area contributed by atoms with Gasteiger partial charge in [-0.2, -0.15) is 5.10 Å². The Morgan fingerprint density at radius 3 is 2.83 bits per heavy atom. The Bertz CT molecular complexity index is 724. The number of carbonyl (C=O) groups excluding carboxylic acids is 2. The van der Waals surface area contributed by atoms with Gasteiger partial charge in [0.25, 0.3) is 5.91 Å². The molecule has 1 atom stereocenters. The number of H-pyrrole nitrogens is 1. The van der Waals surface area contributed by atoms with E-state index in [1.807, 2.05) is 43.0 Å². The van der Waals surface area contributed by atoms with Gasteiger partial charge in [0.2, 0.25) is 5.91 Å². The van der Waals surface area contributed by atoms with Gasteiger partial charge in [-0.1, -0.05) is 12.1 Å². The summed E-state index contributed by atoms with van der Waals surface area (Å²) in [5, 5.41) is 9.67. The predicted molar refractivity (Wildman–Crippen MR) is 91.4 cm³/mol. The first-order valence-electron chi connectivity index (χ1n) is 8.24. The lowest BCUT2D eigenvalue weighted by atomic mass is 10.0. The van der Waals surface area contributed by atoms with Crippen LogP contribution in [0, 0.1) is 0 Å². The van der Waals surface area contributed by atoms with Crippen LogP contribution in [0.3, 0.4) is 0 Å². The third-order valence-corrected chi connectivity index (χ3v) is 4.33. The molecule has 1 aliphatic rings. The monoisotopic (exact) mass is 326 g/mol. The molecule has 0 spiro atoms. The average Bonchev–Trinajstić information content (AvgIpc) is 3.23. The number of rotatable bonds is 5. The maximum atomic E-state index is 13.0. The van der Waals surface area contributed by atoms with Crippen molar-refractivity contribution in [3.63, 3.8) is 0 Å². The molecular weight excluding hydrogens is 304 g/mol. The van der Waals surface area contributed by atoms with Gasteiger partial charge in [0.1, 0.15) is 0 Å². The van der Waals surface area contributed by atoms with E-state index in [1.54, 1.807) is 12.4 Å². The number of nitrogens with zero attached hydrogens (tertiary/aromatic N) is 2. The molecule has 24 heavy (non-hydrogen) atoms. The first-order valence-corrected chi connectivity index (χ1v) is 8.24. The lowest BCUT2D eigenvalue weighted by molar-refractivity contribution is -0.119. The Morgan fingerprint density at radius 1 is 1.38 bits per heavy atom. The van der Waals surface area contributed by atoms with Crippen molar-refractivity contribution in [1.82, 2.24) is 20.4 Å². The summed E-state index contributed by atoms with van der Waals surface area (Å²) in [6.45, 7) is 4.53. The second-order valence-electron chi connectivity index (χ2n) is 6.42. The standard InChI is InChI=1S/C18H22N4O2/c1-12(2)22(11-16-6-7-17(23)21-16)18(24)14-5-3-4-13(8-14)15-9-19-20-10-15/h3-5,8-10,12,16H,6-7,11H2,1-2H3,(H,19,20)(H,21,23). The fourth-order valence-corrected chi connectivity index (χ4v) is 2.99. The fraction of sp³-hybridized carbons (Fsp3) is 0.389. The molecule has 0 bridgehead atoms. The number of aromatic nitrogens is 2. The third-order valence-electron chi connectivity index (χ3n) is 4.33. The lowest BCUT2D eigenvalue weighted by Gasteiger charge is -2.29. The highest BCUT2D eigenvalue weighted by molar-refractivity contribution is 5.95. The Kier molecular flexibility index (Phi) is 4.64. The summed E-state index contributed by atoms with van der Waals surface area (Å²) in [6, 6.07) is 7.65. The molecule has 126 valence electrons. The van der Waals surface area contributed by atoms with Crippen molar-refractivity contribution in [2.45, 2.75) is 38.8 Å². The molecule has 0 radical (unpaired) electrons. The molecule has 2 amide bonds. The largest absolute Gasteiger partial charge is 0.352 e. The van der Waals surface area contributed by atoms with Crippen LogP contribution in [-0.2, 0) is 4.79 Å². The lowest BCUT2D eigenvalue weighted by Crippen LogP contribution is -2.45. The van der Waals surface area contributed by atoms with Gasteiger partial charge in [0.05, 0.1) is 6.20 Å². The van der Waals surface area contributed by atoms with Crippen molar-refractivity contribution in [1.29, 1.82) is 0 Å². The van der Waals surface area contributed by atoms with E-state index in [1.165, 1.54) is 0 Å². The highest BCUT2D eigenvalue weighted by atomic mass is 16.2. The van der Waals surface area contributed by atoms with Gasteiger partial charge in [-0.25, -0.2) is 0 Å². The summed E-state index contributed by atoms with van der Waals surface area (Å²) in [4.78, 5) is 26.2. The molecular formula is C18H22N4O2.